The topological polar surface area (TPSA) is 22.1 Å². The fourth-order valence-electron chi connectivity index (χ4n) is 1.68. The first-order valence-electron chi connectivity index (χ1n) is 5.26. The van der Waals surface area contributed by atoms with Crippen molar-refractivity contribution < 1.29 is 4.74 Å². The molecule has 2 aromatic rings. The van der Waals surface area contributed by atoms with E-state index in [1.165, 1.54) is 0 Å². The molecule has 0 unspecified atom stereocenters. The summed E-state index contributed by atoms with van der Waals surface area (Å²) in [6.07, 6.45) is 0. The zero-order valence-corrected chi connectivity index (χ0v) is 10.4. The highest BCUT2D eigenvalue weighted by molar-refractivity contribution is 6.30. The van der Waals surface area contributed by atoms with E-state index in [1.807, 2.05) is 18.2 Å². The van der Waals surface area contributed by atoms with Crippen LogP contribution in [0.25, 0.3) is 10.9 Å². The zero-order chi connectivity index (χ0) is 11.7. The second kappa shape index (κ2) is 4.30. The maximum Gasteiger partial charge on any atom is 0.133 e. The summed E-state index contributed by atoms with van der Waals surface area (Å²) >= 11 is 6.13. The molecule has 0 atom stereocenters. The average Bonchev–Trinajstić information content (AvgIpc) is 2.27. The lowest BCUT2D eigenvalue weighted by Crippen LogP contribution is -1.93. The normalized spacial score (nSPS) is 11.1. The van der Waals surface area contributed by atoms with Crippen molar-refractivity contribution >= 4 is 22.5 Å². The molecule has 0 radical (unpaired) electrons. The molecule has 16 heavy (non-hydrogen) atoms. The summed E-state index contributed by atoms with van der Waals surface area (Å²) in [7, 11) is 1.66. The molecule has 0 spiro atoms. The Morgan fingerprint density at radius 2 is 2.00 bits per heavy atom. The number of pyridine rings is 1. The van der Waals surface area contributed by atoms with E-state index in [0.717, 1.165) is 22.2 Å². The Balaban J connectivity index is 2.65. The van der Waals surface area contributed by atoms with Crippen LogP contribution >= 0.6 is 11.6 Å². The van der Waals surface area contributed by atoms with E-state index in [9.17, 15) is 0 Å². The third-order valence-corrected chi connectivity index (χ3v) is 2.93. The van der Waals surface area contributed by atoms with Crippen LogP contribution in [0.2, 0.25) is 5.15 Å². The Morgan fingerprint density at radius 1 is 1.25 bits per heavy atom. The molecule has 84 valence electrons. The third kappa shape index (κ3) is 1.98. The van der Waals surface area contributed by atoms with Crippen molar-refractivity contribution in [3.63, 3.8) is 0 Å². The van der Waals surface area contributed by atoms with Gasteiger partial charge in [0.1, 0.15) is 10.9 Å². The fourth-order valence-corrected chi connectivity index (χ4v) is 2.04. The van der Waals surface area contributed by atoms with Crippen molar-refractivity contribution in [1.29, 1.82) is 0 Å². The molecule has 1 aromatic heterocycles. The van der Waals surface area contributed by atoms with E-state index in [2.05, 4.69) is 24.9 Å². The lowest BCUT2D eigenvalue weighted by molar-refractivity contribution is 0.415. The maximum absolute atomic E-state index is 6.13. The number of methoxy groups -OCH3 is 1. The quantitative estimate of drug-likeness (QED) is 0.734. The zero-order valence-electron chi connectivity index (χ0n) is 9.62. The van der Waals surface area contributed by atoms with Gasteiger partial charge in [-0.05, 0) is 35.7 Å². The number of fused-ring (bicyclic) bond motifs is 1. The highest BCUT2D eigenvalue weighted by Gasteiger charge is 2.08. The summed E-state index contributed by atoms with van der Waals surface area (Å²) in [6, 6.07) is 7.87. The largest absolute Gasteiger partial charge is 0.497 e. The second-order valence-electron chi connectivity index (χ2n) is 4.08. The molecule has 1 aromatic carbocycles. The maximum atomic E-state index is 6.13. The minimum absolute atomic E-state index is 0.371. The molecule has 0 aliphatic heterocycles. The van der Waals surface area contributed by atoms with Crippen LogP contribution < -0.4 is 4.74 Å². The van der Waals surface area contributed by atoms with Crippen LogP contribution in [0.4, 0.5) is 0 Å². The molecule has 0 fully saturated rings. The van der Waals surface area contributed by atoms with E-state index in [1.54, 1.807) is 7.11 Å². The van der Waals surface area contributed by atoms with E-state index in [4.69, 9.17) is 16.3 Å². The van der Waals surface area contributed by atoms with Crippen molar-refractivity contribution in [3.05, 3.63) is 35.0 Å². The number of ether oxygens (including phenoxy) is 1. The highest BCUT2D eigenvalue weighted by atomic mass is 35.5. The van der Waals surface area contributed by atoms with E-state index < -0.39 is 0 Å². The average molecular weight is 236 g/mol. The second-order valence-corrected chi connectivity index (χ2v) is 4.44. The van der Waals surface area contributed by atoms with Crippen LogP contribution in [-0.2, 0) is 0 Å². The molecular weight excluding hydrogens is 222 g/mol. The number of aromatic nitrogens is 1. The highest BCUT2D eigenvalue weighted by Crippen LogP contribution is 2.28. The van der Waals surface area contributed by atoms with Crippen LogP contribution in [0.15, 0.2) is 24.3 Å². The number of hydrogen-bond acceptors (Lipinski definition) is 2. The van der Waals surface area contributed by atoms with Crippen molar-refractivity contribution in [2.45, 2.75) is 19.8 Å². The van der Waals surface area contributed by atoms with Gasteiger partial charge in [-0.15, -0.1) is 0 Å². The number of halogens is 1. The van der Waals surface area contributed by atoms with E-state index >= 15 is 0 Å². The van der Waals surface area contributed by atoms with Gasteiger partial charge in [0.05, 0.1) is 12.6 Å². The van der Waals surface area contributed by atoms with Crippen LogP contribution in [0, 0.1) is 0 Å². The van der Waals surface area contributed by atoms with Gasteiger partial charge in [0.15, 0.2) is 0 Å². The Hall–Kier alpha value is -1.28. The van der Waals surface area contributed by atoms with Crippen LogP contribution in [0.1, 0.15) is 25.3 Å². The third-order valence-electron chi connectivity index (χ3n) is 2.62. The smallest absolute Gasteiger partial charge is 0.133 e. The summed E-state index contributed by atoms with van der Waals surface area (Å²) < 4.78 is 5.19. The predicted octanol–water partition coefficient (Wildman–Crippen LogP) is 4.02. The van der Waals surface area contributed by atoms with Gasteiger partial charge < -0.3 is 4.74 Å². The Bertz CT molecular complexity index is 523. The van der Waals surface area contributed by atoms with Gasteiger partial charge in [0, 0.05) is 5.39 Å². The molecule has 0 bridgehead atoms. The summed E-state index contributed by atoms with van der Waals surface area (Å²) in [5, 5.41) is 1.65. The number of hydrogen-bond donors (Lipinski definition) is 0. The van der Waals surface area contributed by atoms with Gasteiger partial charge in [-0.1, -0.05) is 25.4 Å². The minimum Gasteiger partial charge on any atom is -0.497 e. The van der Waals surface area contributed by atoms with Crippen LogP contribution in [0.3, 0.4) is 0 Å². The molecule has 0 saturated heterocycles. The predicted molar refractivity (Wildman–Crippen MR) is 67.4 cm³/mol. The molecule has 0 N–H and O–H groups in total. The standard InChI is InChI=1S/C13H14ClNO/c1-8(2)11-7-9-6-10(16-3)4-5-12(9)15-13(11)14/h4-8H,1-3H3. The minimum atomic E-state index is 0.371. The molecule has 1 heterocycles. The number of nitrogens with zero attached hydrogens (tertiary/aromatic N) is 1. The first-order chi connectivity index (χ1) is 7.61. The molecule has 2 nitrogen and oxygen atoms in total. The number of rotatable bonds is 2. The van der Waals surface area contributed by atoms with E-state index in [0.29, 0.717) is 11.1 Å². The lowest BCUT2D eigenvalue weighted by atomic mass is 10.0. The summed E-state index contributed by atoms with van der Waals surface area (Å²) in [4.78, 5) is 4.38. The van der Waals surface area contributed by atoms with Crippen LogP contribution in [0.5, 0.6) is 5.75 Å². The first kappa shape index (κ1) is 11.2. The van der Waals surface area contributed by atoms with Crippen molar-refractivity contribution in [1.82, 2.24) is 4.98 Å². The monoisotopic (exact) mass is 235 g/mol. The molecule has 0 aliphatic carbocycles. The molecule has 0 saturated carbocycles. The first-order valence-corrected chi connectivity index (χ1v) is 5.64. The van der Waals surface area contributed by atoms with E-state index in [-0.39, 0.29) is 0 Å². The SMILES string of the molecule is COc1ccc2nc(Cl)c(C(C)C)cc2c1. The molecule has 0 amide bonds. The molecular formula is C13H14ClNO. The van der Waals surface area contributed by atoms with Crippen molar-refractivity contribution in [2.75, 3.05) is 7.11 Å². The molecule has 3 heteroatoms. The van der Waals surface area contributed by atoms with Gasteiger partial charge in [-0.2, -0.15) is 0 Å². The molecule has 0 aliphatic rings. The Morgan fingerprint density at radius 3 is 2.62 bits per heavy atom. The van der Waals surface area contributed by atoms with Gasteiger partial charge >= 0.3 is 0 Å². The number of benzene rings is 1. The van der Waals surface area contributed by atoms with Crippen molar-refractivity contribution in [3.8, 4) is 5.75 Å². The summed E-state index contributed by atoms with van der Waals surface area (Å²) in [5.74, 6) is 1.21. The van der Waals surface area contributed by atoms with Gasteiger partial charge in [0.2, 0.25) is 0 Å². The molecule has 2 rings (SSSR count). The summed E-state index contributed by atoms with van der Waals surface area (Å²) in [6.45, 7) is 4.21. The Kier molecular flexibility index (Phi) is 3.01. The van der Waals surface area contributed by atoms with Crippen LogP contribution in [-0.4, -0.2) is 12.1 Å². The summed E-state index contributed by atoms with van der Waals surface area (Å²) in [5.41, 5.74) is 1.97. The van der Waals surface area contributed by atoms with Gasteiger partial charge in [-0.3, -0.25) is 0 Å². The van der Waals surface area contributed by atoms with Crippen molar-refractivity contribution in [2.24, 2.45) is 0 Å². The van der Waals surface area contributed by atoms with Gasteiger partial charge in [0.25, 0.3) is 0 Å². The van der Waals surface area contributed by atoms with Gasteiger partial charge in [-0.25, -0.2) is 4.98 Å². The fraction of sp³-hybridized carbons (Fsp3) is 0.308. The lowest BCUT2D eigenvalue weighted by Gasteiger charge is -2.09. The Labute approximate surface area is 100 Å².